The Bertz CT molecular complexity index is 1380. The number of thioether (sulfide) groups is 1. The summed E-state index contributed by atoms with van der Waals surface area (Å²) in [5, 5.41) is 13.1. The van der Waals surface area contributed by atoms with E-state index in [-0.39, 0.29) is 29.2 Å². The van der Waals surface area contributed by atoms with Crippen molar-refractivity contribution in [1.82, 2.24) is 24.5 Å². The van der Waals surface area contributed by atoms with Crippen molar-refractivity contribution in [2.75, 3.05) is 5.75 Å². The zero-order valence-corrected chi connectivity index (χ0v) is 19.6. The molecular weight excluding hydrogens is 434 g/mol. The standard InChI is InChI=1S/C25H27N5O2S/c1-16(2)18-11-5-7-13-20(18)29-23(32)19-12-6-8-14-21(19)30-24(29)27-28-25(30)33-15-22(31)26-17-9-3-4-10-17/h5-8,11-14,16-17H,3-4,9-10,15H2,1-2H3,(H,26,31). The van der Waals surface area contributed by atoms with E-state index in [1.807, 2.05) is 52.9 Å². The van der Waals surface area contributed by atoms with Crippen LogP contribution in [0.2, 0.25) is 0 Å². The van der Waals surface area contributed by atoms with Crippen molar-refractivity contribution >= 4 is 34.3 Å². The third kappa shape index (κ3) is 4.04. The number of hydrogen-bond acceptors (Lipinski definition) is 5. The molecule has 7 nitrogen and oxygen atoms in total. The third-order valence-corrected chi connectivity index (χ3v) is 7.18. The number of nitrogens with one attached hydrogen (secondary N) is 1. The van der Waals surface area contributed by atoms with Crippen LogP contribution in [0.25, 0.3) is 22.4 Å². The first-order valence-corrected chi connectivity index (χ1v) is 12.4. The zero-order chi connectivity index (χ0) is 22.9. The van der Waals surface area contributed by atoms with Gasteiger partial charge in [0.25, 0.3) is 5.56 Å². The molecule has 2 heterocycles. The van der Waals surface area contributed by atoms with Crippen LogP contribution in [0, 0.1) is 0 Å². The SMILES string of the molecule is CC(C)c1ccccc1-n1c(=O)c2ccccc2n2c(SCC(=O)NC3CCCC3)nnc12. The Morgan fingerprint density at radius 2 is 1.82 bits per heavy atom. The van der Waals surface area contributed by atoms with Crippen molar-refractivity contribution in [2.24, 2.45) is 0 Å². The number of amides is 1. The molecule has 1 fully saturated rings. The lowest BCUT2D eigenvalue weighted by Gasteiger charge is -2.16. The molecule has 1 aliphatic rings. The number of para-hydroxylation sites is 2. The Morgan fingerprint density at radius 3 is 2.61 bits per heavy atom. The highest BCUT2D eigenvalue weighted by molar-refractivity contribution is 7.99. The topological polar surface area (TPSA) is 81.3 Å². The second-order valence-corrected chi connectivity index (χ2v) is 9.77. The van der Waals surface area contributed by atoms with Crippen molar-refractivity contribution in [3.8, 4) is 5.69 Å². The van der Waals surface area contributed by atoms with Crippen LogP contribution in [0.3, 0.4) is 0 Å². The Morgan fingerprint density at radius 1 is 1.09 bits per heavy atom. The average Bonchev–Trinajstić information content (AvgIpc) is 3.48. The van der Waals surface area contributed by atoms with Crippen molar-refractivity contribution in [1.29, 1.82) is 0 Å². The summed E-state index contributed by atoms with van der Waals surface area (Å²) in [5.41, 5.74) is 2.47. The second-order valence-electron chi connectivity index (χ2n) is 8.83. The minimum absolute atomic E-state index is 0.00595. The molecule has 4 aromatic rings. The monoisotopic (exact) mass is 461 g/mol. The fourth-order valence-electron chi connectivity index (χ4n) is 4.64. The molecule has 1 N–H and O–H groups in total. The van der Waals surface area contributed by atoms with E-state index in [4.69, 9.17) is 0 Å². The quantitative estimate of drug-likeness (QED) is 0.433. The normalized spacial score (nSPS) is 14.5. The van der Waals surface area contributed by atoms with Crippen LogP contribution >= 0.6 is 11.8 Å². The highest BCUT2D eigenvalue weighted by Crippen LogP contribution is 2.27. The minimum atomic E-state index is -0.130. The summed E-state index contributed by atoms with van der Waals surface area (Å²) in [6.07, 6.45) is 4.45. The van der Waals surface area contributed by atoms with Gasteiger partial charge in [0, 0.05) is 6.04 Å². The van der Waals surface area contributed by atoms with Crippen LogP contribution in [-0.4, -0.2) is 36.9 Å². The van der Waals surface area contributed by atoms with E-state index in [0.717, 1.165) is 29.6 Å². The summed E-state index contributed by atoms with van der Waals surface area (Å²) < 4.78 is 3.54. The van der Waals surface area contributed by atoms with Gasteiger partial charge in [0.1, 0.15) is 0 Å². The molecule has 0 radical (unpaired) electrons. The molecule has 1 amide bonds. The maximum atomic E-state index is 13.6. The predicted octanol–water partition coefficient (Wildman–Crippen LogP) is 4.31. The first-order valence-electron chi connectivity index (χ1n) is 11.4. The van der Waals surface area contributed by atoms with Crippen LogP contribution in [-0.2, 0) is 4.79 Å². The van der Waals surface area contributed by atoms with Gasteiger partial charge in [-0.1, -0.05) is 68.8 Å². The summed E-state index contributed by atoms with van der Waals surface area (Å²) in [7, 11) is 0. The fourth-order valence-corrected chi connectivity index (χ4v) is 5.39. The number of carbonyl (C=O) groups is 1. The van der Waals surface area contributed by atoms with E-state index in [0.29, 0.717) is 16.3 Å². The van der Waals surface area contributed by atoms with E-state index in [2.05, 4.69) is 29.4 Å². The maximum absolute atomic E-state index is 13.6. The molecule has 170 valence electrons. The minimum Gasteiger partial charge on any atom is -0.353 e. The van der Waals surface area contributed by atoms with Gasteiger partial charge in [-0.3, -0.25) is 14.0 Å². The van der Waals surface area contributed by atoms with E-state index in [1.165, 1.54) is 24.6 Å². The van der Waals surface area contributed by atoms with Crippen LogP contribution in [0.15, 0.2) is 58.5 Å². The lowest BCUT2D eigenvalue weighted by Crippen LogP contribution is -2.33. The molecule has 0 bridgehead atoms. The van der Waals surface area contributed by atoms with Gasteiger partial charge in [-0.25, -0.2) is 4.57 Å². The molecule has 0 saturated heterocycles. The molecule has 8 heteroatoms. The Labute approximate surface area is 196 Å². The smallest absolute Gasteiger partial charge is 0.267 e. The van der Waals surface area contributed by atoms with Crippen LogP contribution in [0.4, 0.5) is 0 Å². The lowest BCUT2D eigenvalue weighted by molar-refractivity contribution is -0.119. The van der Waals surface area contributed by atoms with Gasteiger partial charge in [-0.05, 0) is 42.5 Å². The third-order valence-electron chi connectivity index (χ3n) is 6.25. The highest BCUT2D eigenvalue weighted by atomic mass is 32.2. The number of nitrogens with zero attached hydrogens (tertiary/aromatic N) is 4. The summed E-state index contributed by atoms with van der Waals surface area (Å²) in [4.78, 5) is 26.1. The first-order chi connectivity index (χ1) is 16.0. The van der Waals surface area contributed by atoms with Crippen molar-refractivity contribution in [3.63, 3.8) is 0 Å². The second kappa shape index (κ2) is 9.02. The number of carbonyl (C=O) groups excluding carboxylic acids is 1. The summed E-state index contributed by atoms with van der Waals surface area (Å²) in [6.45, 7) is 4.21. The summed E-state index contributed by atoms with van der Waals surface area (Å²) in [5.74, 6) is 0.945. The van der Waals surface area contributed by atoms with Gasteiger partial charge in [-0.15, -0.1) is 10.2 Å². The predicted molar refractivity (Wildman–Crippen MR) is 131 cm³/mol. The molecule has 0 unspecified atom stereocenters. The number of benzene rings is 2. The molecule has 2 aromatic carbocycles. The zero-order valence-electron chi connectivity index (χ0n) is 18.8. The van der Waals surface area contributed by atoms with E-state index >= 15 is 0 Å². The largest absolute Gasteiger partial charge is 0.353 e. The lowest BCUT2D eigenvalue weighted by atomic mass is 10.0. The van der Waals surface area contributed by atoms with Gasteiger partial charge in [0.15, 0.2) is 5.16 Å². The molecule has 1 aliphatic carbocycles. The van der Waals surface area contributed by atoms with E-state index in [1.54, 1.807) is 4.57 Å². The maximum Gasteiger partial charge on any atom is 0.267 e. The molecular formula is C25H27N5O2S. The summed E-state index contributed by atoms with van der Waals surface area (Å²) in [6, 6.07) is 15.7. The molecule has 0 spiro atoms. The average molecular weight is 462 g/mol. The Balaban J connectivity index is 1.61. The molecule has 5 rings (SSSR count). The van der Waals surface area contributed by atoms with E-state index < -0.39 is 0 Å². The van der Waals surface area contributed by atoms with Crippen molar-refractivity contribution in [3.05, 3.63) is 64.4 Å². The Hall–Kier alpha value is -3.13. The first kappa shape index (κ1) is 21.7. The molecule has 0 atom stereocenters. The number of hydrogen-bond donors (Lipinski definition) is 1. The number of rotatable bonds is 6. The fraction of sp³-hybridized carbons (Fsp3) is 0.360. The van der Waals surface area contributed by atoms with Gasteiger partial charge in [0.2, 0.25) is 11.7 Å². The summed E-state index contributed by atoms with van der Waals surface area (Å²) >= 11 is 1.35. The highest BCUT2D eigenvalue weighted by Gasteiger charge is 2.21. The molecule has 1 saturated carbocycles. The molecule has 33 heavy (non-hydrogen) atoms. The molecule has 0 aliphatic heterocycles. The van der Waals surface area contributed by atoms with Crippen LogP contribution < -0.4 is 10.9 Å². The van der Waals surface area contributed by atoms with Gasteiger partial charge < -0.3 is 5.32 Å². The number of aromatic nitrogens is 4. The van der Waals surface area contributed by atoms with Crippen molar-refractivity contribution in [2.45, 2.75) is 56.6 Å². The van der Waals surface area contributed by atoms with Crippen molar-refractivity contribution < 1.29 is 4.79 Å². The van der Waals surface area contributed by atoms with Crippen LogP contribution in [0.5, 0.6) is 0 Å². The van der Waals surface area contributed by atoms with Gasteiger partial charge in [0.05, 0.1) is 22.3 Å². The van der Waals surface area contributed by atoms with E-state index in [9.17, 15) is 9.59 Å². The van der Waals surface area contributed by atoms with Gasteiger partial charge >= 0.3 is 0 Å². The van der Waals surface area contributed by atoms with Gasteiger partial charge in [-0.2, -0.15) is 0 Å². The Kier molecular flexibility index (Phi) is 5.93. The number of fused-ring (bicyclic) bond motifs is 3. The molecule has 2 aromatic heterocycles. The van der Waals surface area contributed by atoms with Crippen LogP contribution in [0.1, 0.15) is 51.0 Å².